The molecule has 0 spiro atoms. The van der Waals surface area contributed by atoms with Gasteiger partial charge >= 0.3 is 0 Å². The Bertz CT molecular complexity index is 710. The fourth-order valence-corrected chi connectivity index (χ4v) is 3.12. The summed E-state index contributed by atoms with van der Waals surface area (Å²) in [6, 6.07) is 7.59. The van der Waals surface area contributed by atoms with Crippen LogP contribution in [0, 0.1) is 3.57 Å². The summed E-state index contributed by atoms with van der Waals surface area (Å²) in [6.07, 6.45) is 3.76. The van der Waals surface area contributed by atoms with E-state index in [0.29, 0.717) is 24.8 Å². The van der Waals surface area contributed by atoms with E-state index in [1.54, 1.807) is 12.4 Å². The first kappa shape index (κ1) is 16.0. The highest BCUT2D eigenvalue weighted by atomic mass is 127. The fourth-order valence-electron chi connectivity index (χ4n) is 2.51. The number of hydrogen-bond acceptors (Lipinski definition) is 5. The maximum atomic E-state index is 12.6. The Labute approximate surface area is 148 Å². The maximum absolute atomic E-state index is 12.6. The van der Waals surface area contributed by atoms with Crippen LogP contribution in [-0.4, -0.2) is 47.1 Å². The van der Waals surface area contributed by atoms with Crippen LogP contribution in [0.25, 0.3) is 0 Å². The van der Waals surface area contributed by atoms with E-state index in [4.69, 9.17) is 9.47 Å². The molecule has 1 unspecified atom stereocenters. The summed E-state index contributed by atoms with van der Waals surface area (Å²) in [4.78, 5) is 22.6. The third kappa shape index (κ3) is 3.54. The van der Waals surface area contributed by atoms with Crippen LogP contribution in [0.3, 0.4) is 0 Å². The second-order valence-electron chi connectivity index (χ2n) is 5.13. The average molecular weight is 425 g/mol. The van der Waals surface area contributed by atoms with Gasteiger partial charge in [-0.3, -0.25) is 4.79 Å². The van der Waals surface area contributed by atoms with E-state index in [9.17, 15) is 4.79 Å². The van der Waals surface area contributed by atoms with Crippen molar-refractivity contribution in [3.05, 3.63) is 45.8 Å². The first-order valence-corrected chi connectivity index (χ1v) is 8.32. The molecule has 1 atom stereocenters. The van der Waals surface area contributed by atoms with Crippen molar-refractivity contribution < 1.29 is 14.3 Å². The van der Waals surface area contributed by atoms with E-state index in [-0.39, 0.29) is 12.0 Å². The molecule has 2 heterocycles. The van der Waals surface area contributed by atoms with Gasteiger partial charge in [0.2, 0.25) is 0 Å². The zero-order chi connectivity index (χ0) is 16.2. The summed E-state index contributed by atoms with van der Waals surface area (Å²) in [7, 11) is 1.53. The van der Waals surface area contributed by atoms with E-state index in [1.165, 1.54) is 7.11 Å². The molecule has 0 radical (unpaired) electrons. The molecular formula is C16H16IN3O3. The van der Waals surface area contributed by atoms with Crippen LogP contribution in [0.1, 0.15) is 16.8 Å². The number of carbonyl (C=O) groups excluding carboxylic acids is 1. The van der Waals surface area contributed by atoms with Gasteiger partial charge in [-0.25, -0.2) is 9.97 Å². The van der Waals surface area contributed by atoms with Gasteiger partial charge in [-0.15, -0.1) is 0 Å². The molecule has 1 aromatic heterocycles. The molecule has 1 fully saturated rings. The minimum atomic E-state index is -0.106. The number of methoxy groups -OCH3 is 1. The third-order valence-corrected chi connectivity index (χ3v) is 4.58. The standard InChI is InChI=1S/C16H16IN3O3/c1-22-14-15(19-8-7-18-14)23-11-6-9-20(10-11)16(21)12-4-2-3-5-13(12)17/h2-5,7-8,11H,6,9-10H2,1H3. The van der Waals surface area contributed by atoms with Crippen molar-refractivity contribution in [2.45, 2.75) is 12.5 Å². The van der Waals surface area contributed by atoms with Crippen molar-refractivity contribution in [3.8, 4) is 11.8 Å². The predicted molar refractivity (Wildman–Crippen MR) is 92.7 cm³/mol. The van der Waals surface area contributed by atoms with E-state index in [1.807, 2.05) is 29.2 Å². The third-order valence-electron chi connectivity index (χ3n) is 3.64. The van der Waals surface area contributed by atoms with Gasteiger partial charge in [-0.05, 0) is 34.7 Å². The fraction of sp³-hybridized carbons (Fsp3) is 0.312. The number of halogens is 1. The van der Waals surface area contributed by atoms with Crippen LogP contribution < -0.4 is 9.47 Å². The largest absolute Gasteiger partial charge is 0.477 e. The van der Waals surface area contributed by atoms with Crippen LogP contribution in [-0.2, 0) is 0 Å². The molecule has 0 saturated carbocycles. The van der Waals surface area contributed by atoms with Crippen LogP contribution >= 0.6 is 22.6 Å². The number of rotatable bonds is 4. The monoisotopic (exact) mass is 425 g/mol. The van der Waals surface area contributed by atoms with Crippen molar-refractivity contribution in [2.75, 3.05) is 20.2 Å². The van der Waals surface area contributed by atoms with E-state index in [2.05, 4.69) is 32.6 Å². The Morgan fingerprint density at radius 1 is 1.26 bits per heavy atom. The van der Waals surface area contributed by atoms with Crippen molar-refractivity contribution >= 4 is 28.5 Å². The molecule has 0 aliphatic carbocycles. The first-order valence-electron chi connectivity index (χ1n) is 7.24. The van der Waals surface area contributed by atoms with Gasteiger partial charge in [0.15, 0.2) is 0 Å². The number of carbonyl (C=O) groups is 1. The maximum Gasteiger partial charge on any atom is 0.278 e. The van der Waals surface area contributed by atoms with Gasteiger partial charge in [0.1, 0.15) is 6.10 Å². The van der Waals surface area contributed by atoms with Crippen molar-refractivity contribution in [1.29, 1.82) is 0 Å². The summed E-state index contributed by atoms with van der Waals surface area (Å²) in [5, 5.41) is 0. The van der Waals surface area contributed by atoms with Gasteiger partial charge < -0.3 is 14.4 Å². The Kier molecular flexibility index (Phi) is 4.94. The topological polar surface area (TPSA) is 64.6 Å². The first-order chi connectivity index (χ1) is 11.2. The molecule has 6 nitrogen and oxygen atoms in total. The Balaban J connectivity index is 1.67. The van der Waals surface area contributed by atoms with Gasteiger partial charge in [-0.2, -0.15) is 0 Å². The predicted octanol–water partition coefficient (Wildman–Crippen LogP) is 2.38. The molecule has 3 rings (SSSR count). The summed E-state index contributed by atoms with van der Waals surface area (Å²) in [5.41, 5.74) is 0.728. The number of amides is 1. The quantitative estimate of drug-likeness (QED) is 0.705. The molecular weight excluding hydrogens is 409 g/mol. The van der Waals surface area contributed by atoms with Gasteiger partial charge in [0.05, 0.1) is 19.2 Å². The minimum absolute atomic E-state index is 0.0345. The number of hydrogen-bond donors (Lipinski definition) is 0. The van der Waals surface area contributed by atoms with Crippen molar-refractivity contribution in [2.24, 2.45) is 0 Å². The minimum Gasteiger partial charge on any atom is -0.477 e. The Morgan fingerprint density at radius 2 is 2.00 bits per heavy atom. The molecule has 1 aliphatic heterocycles. The second kappa shape index (κ2) is 7.12. The highest BCUT2D eigenvalue weighted by Gasteiger charge is 2.30. The Morgan fingerprint density at radius 3 is 2.74 bits per heavy atom. The molecule has 2 aromatic rings. The summed E-state index contributed by atoms with van der Waals surface area (Å²) in [5.74, 6) is 0.755. The number of benzene rings is 1. The van der Waals surface area contributed by atoms with Crippen LogP contribution in [0.2, 0.25) is 0 Å². The summed E-state index contributed by atoms with van der Waals surface area (Å²) >= 11 is 2.18. The zero-order valence-corrected chi connectivity index (χ0v) is 14.8. The van der Waals surface area contributed by atoms with Crippen LogP contribution in [0.4, 0.5) is 0 Å². The SMILES string of the molecule is COc1nccnc1OC1CCN(C(=O)c2ccccc2I)C1. The van der Waals surface area contributed by atoms with Crippen LogP contribution in [0.5, 0.6) is 11.8 Å². The Hall–Kier alpha value is -1.90. The summed E-state index contributed by atoms with van der Waals surface area (Å²) in [6.45, 7) is 1.20. The highest BCUT2D eigenvalue weighted by Crippen LogP contribution is 2.25. The van der Waals surface area contributed by atoms with Gasteiger partial charge in [0.25, 0.3) is 17.7 Å². The van der Waals surface area contributed by atoms with Gasteiger partial charge in [-0.1, -0.05) is 12.1 Å². The lowest BCUT2D eigenvalue weighted by atomic mass is 10.2. The lowest BCUT2D eigenvalue weighted by Gasteiger charge is -2.18. The van der Waals surface area contributed by atoms with Crippen LogP contribution in [0.15, 0.2) is 36.7 Å². The van der Waals surface area contributed by atoms with Gasteiger partial charge in [0, 0.05) is 28.9 Å². The molecule has 7 heteroatoms. The van der Waals surface area contributed by atoms with Crippen molar-refractivity contribution in [1.82, 2.24) is 14.9 Å². The molecule has 1 saturated heterocycles. The normalized spacial score (nSPS) is 17.1. The molecule has 1 amide bonds. The second-order valence-corrected chi connectivity index (χ2v) is 6.29. The zero-order valence-electron chi connectivity index (χ0n) is 12.6. The number of aromatic nitrogens is 2. The van der Waals surface area contributed by atoms with Crippen molar-refractivity contribution in [3.63, 3.8) is 0 Å². The van der Waals surface area contributed by atoms with E-state index >= 15 is 0 Å². The lowest BCUT2D eigenvalue weighted by molar-refractivity contribution is 0.0769. The molecule has 0 bridgehead atoms. The molecule has 120 valence electrons. The molecule has 1 aliphatic rings. The van der Waals surface area contributed by atoms with E-state index < -0.39 is 0 Å². The average Bonchev–Trinajstić information content (AvgIpc) is 3.04. The smallest absolute Gasteiger partial charge is 0.278 e. The summed E-state index contributed by atoms with van der Waals surface area (Å²) < 4.78 is 11.9. The van der Waals surface area contributed by atoms with E-state index in [0.717, 1.165) is 15.6 Å². The highest BCUT2D eigenvalue weighted by molar-refractivity contribution is 14.1. The lowest BCUT2D eigenvalue weighted by Crippen LogP contribution is -2.31. The molecule has 1 aromatic carbocycles. The number of likely N-dealkylation sites (tertiary alicyclic amines) is 1. The number of nitrogens with zero attached hydrogens (tertiary/aromatic N) is 3. The number of ether oxygens (including phenoxy) is 2. The molecule has 0 N–H and O–H groups in total. The molecule has 23 heavy (non-hydrogen) atoms.